The summed E-state index contributed by atoms with van der Waals surface area (Å²) in [6.07, 6.45) is 2.42. The van der Waals surface area contributed by atoms with Crippen molar-refractivity contribution in [2.24, 2.45) is 0 Å². The maximum absolute atomic E-state index is 12.6. The van der Waals surface area contributed by atoms with Crippen molar-refractivity contribution in [2.45, 2.75) is 12.8 Å². The molecule has 1 aliphatic heterocycles. The molecule has 0 radical (unpaired) electrons. The zero-order valence-electron chi connectivity index (χ0n) is 16.1. The highest BCUT2D eigenvalue weighted by Crippen LogP contribution is 2.25. The third-order valence-corrected chi connectivity index (χ3v) is 5.63. The van der Waals surface area contributed by atoms with Gasteiger partial charge in [-0.2, -0.15) is 0 Å². The first kappa shape index (κ1) is 19.4. The van der Waals surface area contributed by atoms with Gasteiger partial charge in [0, 0.05) is 28.8 Å². The van der Waals surface area contributed by atoms with Crippen molar-refractivity contribution in [3.8, 4) is 17.0 Å². The van der Waals surface area contributed by atoms with E-state index in [9.17, 15) is 4.79 Å². The van der Waals surface area contributed by atoms with Crippen molar-refractivity contribution < 1.29 is 9.53 Å². The molecule has 0 saturated carbocycles. The van der Waals surface area contributed by atoms with Gasteiger partial charge in [0.25, 0.3) is 5.91 Å². The fraction of sp³-hybridized carbons (Fsp3) is 0.227. The molecule has 0 unspecified atom stereocenters. The SMILES string of the molecule is COc1ccc(Br)c(C(=O)Nc2ccc(-c3ccc(N4CCCC4)nn3)cc2)c1. The molecule has 7 heteroatoms. The fourth-order valence-corrected chi connectivity index (χ4v) is 3.75. The van der Waals surface area contributed by atoms with E-state index in [2.05, 4.69) is 36.3 Å². The molecule has 2 aromatic carbocycles. The van der Waals surface area contributed by atoms with E-state index >= 15 is 0 Å². The van der Waals surface area contributed by atoms with Gasteiger partial charge in [0.2, 0.25) is 0 Å². The van der Waals surface area contributed by atoms with E-state index in [-0.39, 0.29) is 5.91 Å². The molecule has 0 bridgehead atoms. The summed E-state index contributed by atoms with van der Waals surface area (Å²) in [4.78, 5) is 14.9. The molecular formula is C22H21BrN4O2. The Balaban J connectivity index is 1.46. The Kier molecular flexibility index (Phi) is 5.76. The van der Waals surface area contributed by atoms with Crippen LogP contribution in [0.25, 0.3) is 11.3 Å². The second-order valence-electron chi connectivity index (χ2n) is 6.85. The molecule has 1 aliphatic rings. The third kappa shape index (κ3) is 4.40. The number of carbonyl (C=O) groups is 1. The van der Waals surface area contributed by atoms with Crippen molar-refractivity contribution in [2.75, 3.05) is 30.4 Å². The van der Waals surface area contributed by atoms with Crippen LogP contribution in [0.2, 0.25) is 0 Å². The molecule has 0 atom stereocenters. The second kappa shape index (κ2) is 8.61. The van der Waals surface area contributed by atoms with Gasteiger partial charge in [-0.1, -0.05) is 12.1 Å². The van der Waals surface area contributed by atoms with Crippen LogP contribution in [-0.2, 0) is 0 Å². The van der Waals surface area contributed by atoms with Crippen LogP contribution in [-0.4, -0.2) is 36.3 Å². The molecule has 1 saturated heterocycles. The van der Waals surface area contributed by atoms with Crippen molar-refractivity contribution >= 4 is 33.3 Å². The number of carbonyl (C=O) groups excluding carboxylic acids is 1. The molecule has 1 amide bonds. The van der Waals surface area contributed by atoms with Crippen molar-refractivity contribution in [3.05, 3.63) is 64.6 Å². The van der Waals surface area contributed by atoms with Crippen molar-refractivity contribution in [1.82, 2.24) is 10.2 Å². The quantitative estimate of drug-likeness (QED) is 0.603. The molecule has 1 N–H and O–H groups in total. The maximum atomic E-state index is 12.6. The number of hydrogen-bond donors (Lipinski definition) is 1. The minimum atomic E-state index is -0.210. The second-order valence-corrected chi connectivity index (χ2v) is 7.70. The molecule has 148 valence electrons. The van der Waals surface area contributed by atoms with E-state index in [1.807, 2.05) is 36.4 Å². The van der Waals surface area contributed by atoms with Crippen LogP contribution in [0.1, 0.15) is 23.2 Å². The van der Waals surface area contributed by atoms with E-state index in [0.717, 1.165) is 30.2 Å². The zero-order chi connectivity index (χ0) is 20.2. The zero-order valence-corrected chi connectivity index (χ0v) is 17.6. The van der Waals surface area contributed by atoms with E-state index in [0.29, 0.717) is 21.5 Å². The minimum Gasteiger partial charge on any atom is -0.497 e. The number of anilines is 2. The summed E-state index contributed by atoms with van der Waals surface area (Å²) < 4.78 is 5.91. The molecule has 0 aliphatic carbocycles. The summed E-state index contributed by atoms with van der Waals surface area (Å²) >= 11 is 3.41. The number of methoxy groups -OCH3 is 1. The van der Waals surface area contributed by atoms with Gasteiger partial charge >= 0.3 is 0 Å². The molecule has 1 fully saturated rings. The number of nitrogens with zero attached hydrogens (tertiary/aromatic N) is 3. The molecular weight excluding hydrogens is 432 g/mol. The van der Waals surface area contributed by atoms with Gasteiger partial charge in [-0.25, -0.2) is 0 Å². The van der Waals surface area contributed by atoms with Crippen LogP contribution in [0, 0.1) is 0 Å². The van der Waals surface area contributed by atoms with Gasteiger partial charge in [-0.3, -0.25) is 4.79 Å². The Bertz CT molecular complexity index is 1000. The number of ether oxygens (including phenoxy) is 1. The van der Waals surface area contributed by atoms with Crippen LogP contribution in [0.3, 0.4) is 0 Å². The number of halogens is 1. The smallest absolute Gasteiger partial charge is 0.256 e. The highest BCUT2D eigenvalue weighted by atomic mass is 79.9. The predicted octanol–water partition coefficient (Wildman–Crippen LogP) is 4.77. The molecule has 0 spiro atoms. The van der Waals surface area contributed by atoms with Crippen LogP contribution >= 0.6 is 15.9 Å². The van der Waals surface area contributed by atoms with Gasteiger partial charge in [-0.15, -0.1) is 10.2 Å². The molecule has 4 rings (SSSR count). The molecule has 29 heavy (non-hydrogen) atoms. The summed E-state index contributed by atoms with van der Waals surface area (Å²) in [5.41, 5.74) is 2.97. The maximum Gasteiger partial charge on any atom is 0.256 e. The minimum absolute atomic E-state index is 0.210. The summed E-state index contributed by atoms with van der Waals surface area (Å²) in [6.45, 7) is 2.09. The van der Waals surface area contributed by atoms with Crippen molar-refractivity contribution in [3.63, 3.8) is 0 Å². The van der Waals surface area contributed by atoms with Gasteiger partial charge < -0.3 is 15.0 Å². The molecule has 6 nitrogen and oxygen atoms in total. The van der Waals surface area contributed by atoms with Gasteiger partial charge in [0.05, 0.1) is 18.4 Å². The summed E-state index contributed by atoms with van der Waals surface area (Å²) in [5, 5.41) is 11.6. The summed E-state index contributed by atoms with van der Waals surface area (Å²) in [6, 6.07) is 16.9. The molecule has 3 aromatic rings. The normalized spacial score (nSPS) is 13.4. The van der Waals surface area contributed by atoms with Gasteiger partial charge in [0.1, 0.15) is 5.75 Å². The van der Waals surface area contributed by atoms with E-state index in [1.165, 1.54) is 12.8 Å². The fourth-order valence-electron chi connectivity index (χ4n) is 3.32. The lowest BCUT2D eigenvalue weighted by atomic mass is 10.1. The van der Waals surface area contributed by atoms with Crippen LogP contribution in [0.4, 0.5) is 11.5 Å². The lowest BCUT2D eigenvalue weighted by Crippen LogP contribution is -2.19. The molecule has 2 heterocycles. The van der Waals surface area contributed by atoms with Crippen LogP contribution < -0.4 is 15.0 Å². The average molecular weight is 453 g/mol. The number of hydrogen-bond acceptors (Lipinski definition) is 5. The number of benzene rings is 2. The monoisotopic (exact) mass is 452 g/mol. The van der Waals surface area contributed by atoms with Crippen LogP contribution in [0.15, 0.2) is 59.1 Å². The van der Waals surface area contributed by atoms with E-state index < -0.39 is 0 Å². The first-order valence-corrected chi connectivity index (χ1v) is 10.3. The van der Waals surface area contributed by atoms with Gasteiger partial charge in [-0.05, 0) is 71.2 Å². The lowest BCUT2D eigenvalue weighted by Gasteiger charge is -2.15. The van der Waals surface area contributed by atoms with Gasteiger partial charge in [0.15, 0.2) is 5.82 Å². The third-order valence-electron chi connectivity index (χ3n) is 4.94. The molecule has 1 aromatic heterocycles. The van der Waals surface area contributed by atoms with Crippen LogP contribution in [0.5, 0.6) is 5.75 Å². The van der Waals surface area contributed by atoms with E-state index in [1.54, 1.807) is 25.3 Å². The standard InChI is InChI=1S/C22H21BrN4O2/c1-29-17-8-9-19(23)18(14-17)22(28)24-16-6-4-15(5-7-16)20-10-11-21(26-25-20)27-12-2-3-13-27/h4-11,14H,2-3,12-13H2,1H3,(H,24,28). The number of aromatic nitrogens is 2. The summed E-state index contributed by atoms with van der Waals surface area (Å²) in [7, 11) is 1.57. The largest absolute Gasteiger partial charge is 0.497 e. The highest BCUT2D eigenvalue weighted by molar-refractivity contribution is 9.10. The Morgan fingerprint density at radius 1 is 1.03 bits per heavy atom. The Labute approximate surface area is 178 Å². The van der Waals surface area contributed by atoms with Crippen molar-refractivity contribution in [1.29, 1.82) is 0 Å². The Morgan fingerprint density at radius 3 is 2.45 bits per heavy atom. The van der Waals surface area contributed by atoms with E-state index in [4.69, 9.17) is 4.74 Å². The summed E-state index contributed by atoms with van der Waals surface area (Å²) in [5.74, 6) is 1.35. The number of amides is 1. The topological polar surface area (TPSA) is 67.3 Å². The Morgan fingerprint density at radius 2 is 1.79 bits per heavy atom. The first-order valence-electron chi connectivity index (χ1n) is 9.48. The lowest BCUT2D eigenvalue weighted by molar-refractivity contribution is 0.102. The average Bonchev–Trinajstić information content (AvgIpc) is 3.30. The first-order chi connectivity index (χ1) is 14.1. The Hall–Kier alpha value is -2.93. The number of rotatable bonds is 5. The number of nitrogens with one attached hydrogen (secondary N) is 1. The highest BCUT2D eigenvalue weighted by Gasteiger charge is 2.14. The predicted molar refractivity (Wildman–Crippen MR) is 118 cm³/mol.